The van der Waals surface area contributed by atoms with Gasteiger partial charge in [0, 0.05) is 60.5 Å². The summed E-state index contributed by atoms with van der Waals surface area (Å²) in [4.78, 5) is 27.6. The van der Waals surface area contributed by atoms with Gasteiger partial charge in [-0.2, -0.15) is 4.98 Å². The molecule has 1 aromatic heterocycles. The molecular weight excluding hydrogens is 452 g/mol. The summed E-state index contributed by atoms with van der Waals surface area (Å²) in [6.45, 7) is 7.18. The van der Waals surface area contributed by atoms with E-state index >= 15 is 0 Å². The van der Waals surface area contributed by atoms with E-state index in [1.165, 1.54) is 16.8 Å². The molecule has 0 atom stereocenters. The predicted molar refractivity (Wildman–Crippen MR) is 142 cm³/mol. The molecule has 36 heavy (non-hydrogen) atoms. The first-order chi connectivity index (χ1) is 17.7. The minimum atomic E-state index is 0.375. The van der Waals surface area contributed by atoms with Gasteiger partial charge in [0.25, 0.3) is 0 Å². The SMILES string of the molecule is Cc1nc(Nc2ccc(N3CCOCC3)cc2)nc2c1CCN2Cc1ccc(N(C=O)C2CC2)cc1. The van der Waals surface area contributed by atoms with Crippen LogP contribution in [0.25, 0.3) is 0 Å². The zero-order valence-electron chi connectivity index (χ0n) is 20.7. The molecule has 1 amide bonds. The average molecular weight is 485 g/mol. The van der Waals surface area contributed by atoms with Crippen molar-refractivity contribution in [3.63, 3.8) is 0 Å². The summed E-state index contributed by atoms with van der Waals surface area (Å²) in [7, 11) is 0. The van der Waals surface area contributed by atoms with E-state index < -0.39 is 0 Å². The van der Waals surface area contributed by atoms with E-state index in [9.17, 15) is 4.79 Å². The van der Waals surface area contributed by atoms with Crippen molar-refractivity contribution in [2.75, 3.05) is 52.9 Å². The second kappa shape index (κ2) is 9.78. The second-order valence-corrected chi connectivity index (χ2v) is 9.79. The minimum Gasteiger partial charge on any atom is -0.378 e. The Morgan fingerprint density at radius 3 is 2.47 bits per heavy atom. The largest absolute Gasteiger partial charge is 0.378 e. The van der Waals surface area contributed by atoms with Crippen LogP contribution in [0.1, 0.15) is 29.7 Å². The Hall–Kier alpha value is -3.65. The summed E-state index contributed by atoms with van der Waals surface area (Å²) in [5.74, 6) is 1.63. The van der Waals surface area contributed by atoms with Crippen LogP contribution < -0.4 is 20.0 Å². The van der Waals surface area contributed by atoms with Crippen molar-refractivity contribution in [3.05, 3.63) is 65.4 Å². The lowest BCUT2D eigenvalue weighted by molar-refractivity contribution is -0.107. The zero-order valence-corrected chi connectivity index (χ0v) is 20.7. The third kappa shape index (κ3) is 4.73. The fraction of sp³-hybridized carbons (Fsp3) is 0.393. The topological polar surface area (TPSA) is 73.8 Å². The van der Waals surface area contributed by atoms with Gasteiger partial charge >= 0.3 is 0 Å². The number of aryl methyl sites for hydroxylation is 1. The van der Waals surface area contributed by atoms with Gasteiger partial charge in [0.1, 0.15) is 5.82 Å². The van der Waals surface area contributed by atoms with Gasteiger partial charge in [-0.05, 0) is 68.1 Å². The number of carbonyl (C=O) groups excluding carboxylic acids is 1. The van der Waals surface area contributed by atoms with Crippen LogP contribution in [0.2, 0.25) is 0 Å². The normalized spacial score (nSPS) is 17.1. The molecule has 2 aromatic carbocycles. The van der Waals surface area contributed by atoms with Gasteiger partial charge in [0.15, 0.2) is 0 Å². The molecule has 0 spiro atoms. The molecule has 0 unspecified atom stereocenters. The first-order valence-corrected chi connectivity index (χ1v) is 12.8. The van der Waals surface area contributed by atoms with Gasteiger partial charge in [-0.25, -0.2) is 4.98 Å². The van der Waals surface area contributed by atoms with Crippen LogP contribution in [-0.4, -0.2) is 55.3 Å². The maximum atomic E-state index is 11.5. The maximum absolute atomic E-state index is 11.5. The first-order valence-electron chi connectivity index (χ1n) is 12.8. The number of nitrogens with one attached hydrogen (secondary N) is 1. The molecule has 8 heteroatoms. The van der Waals surface area contributed by atoms with Crippen LogP contribution in [0.4, 0.5) is 28.8 Å². The lowest BCUT2D eigenvalue weighted by Gasteiger charge is -2.28. The second-order valence-electron chi connectivity index (χ2n) is 9.79. The van der Waals surface area contributed by atoms with E-state index in [0.29, 0.717) is 12.0 Å². The molecule has 3 heterocycles. The highest BCUT2D eigenvalue weighted by molar-refractivity contribution is 5.77. The summed E-state index contributed by atoms with van der Waals surface area (Å²) in [6, 6.07) is 17.2. The Morgan fingerprint density at radius 2 is 1.78 bits per heavy atom. The molecule has 2 aliphatic heterocycles. The highest BCUT2D eigenvalue weighted by Gasteiger charge is 2.29. The molecular formula is C28H32N6O2. The van der Waals surface area contributed by atoms with Crippen LogP contribution in [0, 0.1) is 6.92 Å². The van der Waals surface area contributed by atoms with Crippen molar-refractivity contribution in [2.24, 2.45) is 0 Å². The van der Waals surface area contributed by atoms with E-state index in [4.69, 9.17) is 14.7 Å². The number of rotatable bonds is 8. The number of benzene rings is 2. The molecule has 6 rings (SSSR count). The molecule has 0 bridgehead atoms. The Bertz CT molecular complexity index is 1220. The van der Waals surface area contributed by atoms with Crippen molar-refractivity contribution in [1.82, 2.24) is 9.97 Å². The summed E-state index contributed by atoms with van der Waals surface area (Å²) in [5, 5.41) is 3.40. The number of fused-ring (bicyclic) bond motifs is 1. The van der Waals surface area contributed by atoms with Gasteiger partial charge in [-0.3, -0.25) is 4.79 Å². The Labute approximate surface area is 211 Å². The van der Waals surface area contributed by atoms with Gasteiger partial charge < -0.3 is 24.8 Å². The van der Waals surface area contributed by atoms with Crippen LogP contribution in [0.5, 0.6) is 0 Å². The van der Waals surface area contributed by atoms with Crippen molar-refractivity contribution in [3.8, 4) is 0 Å². The lowest BCUT2D eigenvalue weighted by atomic mass is 10.2. The number of hydrogen-bond donors (Lipinski definition) is 1. The number of carbonyl (C=O) groups is 1. The van der Waals surface area contributed by atoms with Crippen LogP contribution in [0.3, 0.4) is 0 Å². The van der Waals surface area contributed by atoms with Crippen LogP contribution in [0.15, 0.2) is 48.5 Å². The van der Waals surface area contributed by atoms with Crippen LogP contribution in [-0.2, 0) is 22.5 Å². The Morgan fingerprint density at radius 1 is 1.03 bits per heavy atom. The smallest absolute Gasteiger partial charge is 0.229 e. The molecule has 1 aliphatic carbocycles. The number of nitrogens with zero attached hydrogens (tertiary/aromatic N) is 5. The molecule has 1 saturated heterocycles. The molecule has 3 aliphatic rings. The van der Waals surface area contributed by atoms with Crippen molar-refractivity contribution >= 4 is 35.2 Å². The van der Waals surface area contributed by atoms with E-state index in [1.54, 1.807) is 0 Å². The number of amides is 1. The monoisotopic (exact) mass is 484 g/mol. The summed E-state index contributed by atoms with van der Waals surface area (Å²) < 4.78 is 5.46. The van der Waals surface area contributed by atoms with Crippen molar-refractivity contribution < 1.29 is 9.53 Å². The van der Waals surface area contributed by atoms with Gasteiger partial charge in [0.2, 0.25) is 12.4 Å². The van der Waals surface area contributed by atoms with Crippen molar-refractivity contribution in [2.45, 2.75) is 38.8 Å². The molecule has 8 nitrogen and oxygen atoms in total. The molecule has 3 aromatic rings. The van der Waals surface area contributed by atoms with E-state index in [1.807, 2.05) is 4.90 Å². The fourth-order valence-corrected chi connectivity index (χ4v) is 5.11. The molecule has 2 fully saturated rings. The summed E-state index contributed by atoms with van der Waals surface area (Å²) in [5.41, 5.74) is 6.61. The average Bonchev–Trinajstić information content (AvgIpc) is 3.67. The maximum Gasteiger partial charge on any atom is 0.229 e. The third-order valence-electron chi connectivity index (χ3n) is 7.28. The Balaban J connectivity index is 1.15. The lowest BCUT2D eigenvalue weighted by Crippen LogP contribution is -2.36. The first kappa shape index (κ1) is 22.8. The number of ether oxygens (including phenoxy) is 1. The van der Waals surface area contributed by atoms with E-state index in [0.717, 1.165) is 88.0 Å². The highest BCUT2D eigenvalue weighted by Crippen LogP contribution is 2.33. The highest BCUT2D eigenvalue weighted by atomic mass is 16.5. The summed E-state index contributed by atoms with van der Waals surface area (Å²) in [6.07, 6.45) is 4.10. The minimum absolute atomic E-state index is 0.375. The fourth-order valence-electron chi connectivity index (χ4n) is 5.11. The quantitative estimate of drug-likeness (QED) is 0.484. The van der Waals surface area contributed by atoms with Gasteiger partial charge in [0.05, 0.1) is 13.2 Å². The van der Waals surface area contributed by atoms with Crippen LogP contribution >= 0.6 is 0 Å². The number of morpholine rings is 1. The molecule has 1 saturated carbocycles. The third-order valence-corrected chi connectivity index (χ3v) is 7.28. The van der Waals surface area contributed by atoms with Gasteiger partial charge in [-0.1, -0.05) is 12.1 Å². The Kier molecular flexibility index (Phi) is 6.19. The summed E-state index contributed by atoms with van der Waals surface area (Å²) >= 11 is 0. The zero-order chi connectivity index (χ0) is 24.5. The number of anilines is 5. The van der Waals surface area contributed by atoms with Crippen molar-refractivity contribution in [1.29, 1.82) is 0 Å². The predicted octanol–water partition coefficient (Wildman–Crippen LogP) is 4.05. The number of hydrogen-bond acceptors (Lipinski definition) is 7. The number of aromatic nitrogens is 2. The van der Waals surface area contributed by atoms with Gasteiger partial charge in [-0.15, -0.1) is 0 Å². The molecule has 1 N–H and O–H groups in total. The molecule has 0 radical (unpaired) electrons. The van der Waals surface area contributed by atoms with E-state index in [2.05, 4.69) is 70.6 Å². The van der Waals surface area contributed by atoms with E-state index in [-0.39, 0.29) is 0 Å². The standard InChI is InChI=1S/C28H32N6O2/c1-20-26-12-13-33(18-21-2-6-24(7-3-21)34(19-35)25-10-11-25)27(26)31-28(29-20)30-22-4-8-23(9-5-22)32-14-16-36-17-15-32/h2-9,19,25H,10-18H2,1H3,(H,29,30,31). The molecule has 186 valence electrons.